The zero-order valence-electron chi connectivity index (χ0n) is 42.1. The first-order chi connectivity index (χ1) is 38.7. The second-order valence-corrected chi connectivity index (χ2v) is 20.9. The number of β-lactam (4-membered cyclic amide) rings is 1. The van der Waals surface area contributed by atoms with Gasteiger partial charge in [0, 0.05) is 22.1 Å². The number of carbonyl (C=O) groups excluding carboxylic acids is 5. The third-order valence-corrected chi connectivity index (χ3v) is 16.1. The Labute approximate surface area is 468 Å². The molecule has 0 unspecified atom stereocenters. The molecule has 7 aromatic carbocycles. The summed E-state index contributed by atoms with van der Waals surface area (Å²) in [5.74, 6) is -3.51. The number of thioether (sulfide) groups is 2. The summed E-state index contributed by atoms with van der Waals surface area (Å²) in [6.07, 6.45) is -0.453. The lowest BCUT2D eigenvalue weighted by molar-refractivity contribution is -0.154. The van der Waals surface area contributed by atoms with Crippen molar-refractivity contribution in [1.82, 2.24) is 15.2 Å². The Morgan fingerprint density at radius 3 is 1.61 bits per heavy atom. The Bertz CT molecular complexity index is 3340. The number of anilines is 1. The summed E-state index contributed by atoms with van der Waals surface area (Å²) in [5, 5.41) is 13.5. The normalized spacial score (nSPS) is 15.3. The van der Waals surface area contributed by atoms with Crippen LogP contribution in [-0.2, 0) is 43.8 Å². The van der Waals surface area contributed by atoms with Gasteiger partial charge in [-0.05, 0) is 44.4 Å². The molecule has 10 rings (SSSR count). The SMILES string of the molecule is NC(=O)/C=C\SC1=C(C(=O)OC(c2ccccc2)c2ccccc2)N2C(=O)[C@@H](NC(=O)/C(=N\OCC(=O)OC(c3ccccc3)c3ccccc3)c3csc(NC(c4ccccc4)(c4ccccc4)c4ccccc4)n3)[C@@H]2SC1. The lowest BCUT2D eigenvalue weighted by Crippen LogP contribution is -2.71. The van der Waals surface area contributed by atoms with Gasteiger partial charge in [-0.2, -0.15) is 0 Å². The number of hydrogen-bond acceptors (Lipinski definition) is 14. The number of ether oxygens (including phenoxy) is 2. The van der Waals surface area contributed by atoms with Gasteiger partial charge < -0.3 is 30.7 Å². The molecule has 0 spiro atoms. The van der Waals surface area contributed by atoms with Gasteiger partial charge in [0.05, 0.1) is 0 Å². The summed E-state index contributed by atoms with van der Waals surface area (Å²) >= 11 is 3.58. The van der Waals surface area contributed by atoms with E-state index >= 15 is 0 Å². The van der Waals surface area contributed by atoms with E-state index in [4.69, 9.17) is 25.0 Å². The van der Waals surface area contributed by atoms with Crippen LogP contribution in [0.4, 0.5) is 5.13 Å². The summed E-state index contributed by atoms with van der Waals surface area (Å²) in [6, 6.07) is 65.6. The molecule has 3 heterocycles. The largest absolute Gasteiger partial charge is 0.450 e. The molecular weight excluding hydrogens is 1050 g/mol. The maximum absolute atomic E-state index is 14.9. The van der Waals surface area contributed by atoms with Crippen LogP contribution in [0.3, 0.4) is 0 Å². The third-order valence-electron chi connectivity index (χ3n) is 13.0. The van der Waals surface area contributed by atoms with Gasteiger partial charge >= 0.3 is 11.9 Å². The number of benzene rings is 7. The number of rotatable bonds is 21. The van der Waals surface area contributed by atoms with E-state index < -0.39 is 65.4 Å². The number of thiazole rings is 1. The highest BCUT2D eigenvalue weighted by atomic mass is 32.2. The molecule has 1 saturated heterocycles. The number of amides is 3. The van der Waals surface area contributed by atoms with Crippen LogP contribution in [-0.4, -0.2) is 69.0 Å². The first-order valence-electron chi connectivity index (χ1n) is 25.0. The minimum atomic E-state index is -1.17. The minimum Gasteiger partial charge on any atom is -0.450 e. The molecule has 2 aliphatic rings. The van der Waals surface area contributed by atoms with E-state index in [0.29, 0.717) is 21.2 Å². The molecule has 79 heavy (non-hydrogen) atoms. The van der Waals surface area contributed by atoms with Gasteiger partial charge in [0.25, 0.3) is 11.8 Å². The lowest BCUT2D eigenvalue weighted by atomic mass is 9.77. The van der Waals surface area contributed by atoms with Crippen molar-refractivity contribution in [3.63, 3.8) is 0 Å². The molecule has 2 atom stereocenters. The van der Waals surface area contributed by atoms with E-state index in [9.17, 15) is 24.0 Å². The number of nitrogens with zero attached hydrogens (tertiary/aromatic N) is 3. The number of aromatic nitrogens is 1. The van der Waals surface area contributed by atoms with Crippen LogP contribution < -0.4 is 16.4 Å². The molecule has 0 saturated carbocycles. The van der Waals surface area contributed by atoms with Crippen LogP contribution >= 0.6 is 34.9 Å². The average molecular weight is 1100 g/mol. The highest BCUT2D eigenvalue weighted by molar-refractivity contribution is 8.08. The maximum atomic E-state index is 14.9. The second-order valence-electron chi connectivity index (χ2n) is 18.0. The summed E-state index contributed by atoms with van der Waals surface area (Å²) in [4.78, 5) is 81.8. The number of nitrogens with one attached hydrogen (secondary N) is 2. The Morgan fingerprint density at radius 1 is 0.684 bits per heavy atom. The summed E-state index contributed by atoms with van der Waals surface area (Å²) in [6.45, 7) is -0.691. The molecule has 1 fully saturated rings. The van der Waals surface area contributed by atoms with Gasteiger partial charge in [-0.1, -0.05) is 229 Å². The van der Waals surface area contributed by atoms with Gasteiger partial charge in [-0.15, -0.1) is 23.1 Å². The molecule has 3 amide bonds. The molecule has 17 heteroatoms. The number of esters is 2. The smallest absolute Gasteiger partial charge is 0.356 e. The highest BCUT2D eigenvalue weighted by Crippen LogP contribution is 2.45. The Hall–Kier alpha value is -9.03. The predicted octanol–water partition coefficient (Wildman–Crippen LogP) is 10.3. The van der Waals surface area contributed by atoms with Crippen molar-refractivity contribution in [3.05, 3.63) is 284 Å². The van der Waals surface area contributed by atoms with Crippen LogP contribution in [0.2, 0.25) is 0 Å². The van der Waals surface area contributed by atoms with Gasteiger partial charge in [0.1, 0.15) is 28.3 Å². The number of carbonyl (C=O) groups is 5. The van der Waals surface area contributed by atoms with Crippen LogP contribution in [0, 0.1) is 0 Å². The fourth-order valence-electron chi connectivity index (χ4n) is 9.30. The van der Waals surface area contributed by atoms with Crippen LogP contribution in [0.1, 0.15) is 56.8 Å². The summed E-state index contributed by atoms with van der Waals surface area (Å²) in [7, 11) is 0. The van der Waals surface area contributed by atoms with Gasteiger partial charge in [0.2, 0.25) is 12.5 Å². The van der Waals surface area contributed by atoms with Gasteiger partial charge in [0.15, 0.2) is 23.1 Å². The van der Waals surface area contributed by atoms with Crippen molar-refractivity contribution in [2.24, 2.45) is 10.9 Å². The molecule has 1 aromatic heterocycles. The van der Waals surface area contributed by atoms with Crippen molar-refractivity contribution in [1.29, 1.82) is 0 Å². The van der Waals surface area contributed by atoms with Gasteiger partial charge in [-0.25, -0.2) is 14.6 Å². The molecule has 2 aliphatic heterocycles. The number of hydrogen-bond donors (Lipinski definition) is 3. The van der Waals surface area contributed by atoms with E-state index in [1.807, 2.05) is 212 Å². The quantitative estimate of drug-likeness (QED) is 0.0154. The molecule has 0 bridgehead atoms. The molecule has 394 valence electrons. The van der Waals surface area contributed by atoms with E-state index in [1.54, 1.807) is 5.38 Å². The van der Waals surface area contributed by atoms with Crippen LogP contribution in [0.5, 0.6) is 0 Å². The first kappa shape index (κ1) is 53.4. The average Bonchev–Trinajstić information content (AvgIpc) is 4.12. The number of oxime groups is 1. The van der Waals surface area contributed by atoms with Crippen molar-refractivity contribution >= 4 is 75.4 Å². The lowest BCUT2D eigenvalue weighted by Gasteiger charge is -2.49. The van der Waals surface area contributed by atoms with E-state index in [-0.39, 0.29) is 22.9 Å². The molecular formula is C62H50N6O8S3. The zero-order chi connectivity index (χ0) is 54.6. The number of fused-ring (bicyclic) bond motifs is 1. The Balaban J connectivity index is 0.960. The number of primary amides is 1. The molecule has 4 N–H and O–H groups in total. The van der Waals surface area contributed by atoms with Crippen LogP contribution in [0.25, 0.3) is 0 Å². The highest BCUT2D eigenvalue weighted by Gasteiger charge is 2.55. The molecule has 0 radical (unpaired) electrons. The standard InChI is InChI=1S/C62H50N6O8S3/c63-50(69)36-37-77-49-40-78-59-53(58(72)68(59)54(49)60(73)76-56(43-26-12-3-13-27-43)44-28-14-4-15-29-44)65-57(71)52(67-74-38-51(70)75-55(41-22-8-1-9-23-41)42-24-10-2-11-25-42)48-39-79-61(64-48)66-62(45-30-16-5-17-31-45,46-32-18-6-19-33-46)47-34-20-7-21-35-47/h1-37,39,53,55-56,59H,38,40H2,(H2,63,69)(H,64,66)(H,65,71)/b37-36-,67-52-/t53-,59+/m1/s1. The second kappa shape index (κ2) is 25.0. The molecule has 8 aromatic rings. The third kappa shape index (κ3) is 12.1. The Kier molecular flexibility index (Phi) is 16.9. The van der Waals surface area contributed by atoms with E-state index in [0.717, 1.165) is 45.7 Å². The maximum Gasteiger partial charge on any atom is 0.356 e. The number of nitrogens with two attached hydrogens (primary N) is 1. The summed E-state index contributed by atoms with van der Waals surface area (Å²) in [5.41, 5.74) is 9.75. The zero-order valence-corrected chi connectivity index (χ0v) is 44.5. The van der Waals surface area contributed by atoms with Crippen molar-refractivity contribution in [3.8, 4) is 0 Å². The van der Waals surface area contributed by atoms with Crippen molar-refractivity contribution in [2.75, 3.05) is 17.7 Å². The fourth-order valence-corrected chi connectivity index (χ4v) is 12.4. The predicted molar refractivity (Wildman–Crippen MR) is 307 cm³/mol. The molecule has 14 nitrogen and oxygen atoms in total. The van der Waals surface area contributed by atoms with Gasteiger partial charge in [-0.3, -0.25) is 19.3 Å². The minimum absolute atomic E-state index is 0.0378. The van der Waals surface area contributed by atoms with E-state index in [2.05, 4.69) is 15.8 Å². The molecule has 0 aliphatic carbocycles. The first-order valence-corrected chi connectivity index (χ1v) is 27.8. The summed E-state index contributed by atoms with van der Waals surface area (Å²) < 4.78 is 12.3. The van der Waals surface area contributed by atoms with Crippen molar-refractivity contribution < 1.29 is 38.3 Å². The van der Waals surface area contributed by atoms with Crippen molar-refractivity contribution in [2.45, 2.75) is 29.2 Å². The fraction of sp³-hybridized carbons (Fsp3) is 0.113. The topological polar surface area (TPSA) is 192 Å². The monoisotopic (exact) mass is 1100 g/mol. The van der Waals surface area contributed by atoms with E-state index in [1.165, 1.54) is 33.4 Å². The van der Waals surface area contributed by atoms with Crippen LogP contribution in [0.15, 0.2) is 245 Å². The Morgan fingerprint density at radius 2 is 1.14 bits per heavy atom.